The van der Waals surface area contributed by atoms with Crippen LogP contribution in [0.25, 0.3) is 10.1 Å². The summed E-state index contributed by atoms with van der Waals surface area (Å²) in [6.07, 6.45) is 0.691. The van der Waals surface area contributed by atoms with Crippen molar-refractivity contribution in [2.75, 3.05) is 62.3 Å². The van der Waals surface area contributed by atoms with Crippen LogP contribution in [0.15, 0.2) is 36.4 Å². The van der Waals surface area contributed by atoms with Crippen molar-refractivity contribution >= 4 is 56.7 Å². The highest BCUT2D eigenvalue weighted by molar-refractivity contribution is 7.13. The lowest BCUT2D eigenvalue weighted by Gasteiger charge is -2.35. The van der Waals surface area contributed by atoms with Crippen LogP contribution in [-0.4, -0.2) is 78.7 Å². The van der Waals surface area contributed by atoms with E-state index in [1.807, 2.05) is 26.0 Å². The molecule has 196 valence electrons. The van der Waals surface area contributed by atoms with Crippen LogP contribution in [0.3, 0.4) is 0 Å². The zero-order valence-corrected chi connectivity index (χ0v) is 22.9. The van der Waals surface area contributed by atoms with Gasteiger partial charge in [-0.15, -0.1) is 0 Å². The van der Waals surface area contributed by atoms with Crippen molar-refractivity contribution in [3.05, 3.63) is 52.5 Å². The van der Waals surface area contributed by atoms with Crippen molar-refractivity contribution in [1.82, 2.24) is 14.2 Å². The molecule has 8 nitrogen and oxygen atoms in total. The second kappa shape index (κ2) is 11.2. The molecule has 2 aromatic carbocycles. The summed E-state index contributed by atoms with van der Waals surface area (Å²) in [6.45, 7) is 9.55. The first-order chi connectivity index (χ1) is 18.0. The van der Waals surface area contributed by atoms with E-state index < -0.39 is 6.09 Å². The third-order valence-corrected chi connectivity index (χ3v) is 8.42. The van der Waals surface area contributed by atoms with Crippen molar-refractivity contribution in [1.29, 1.82) is 0 Å². The number of benzene rings is 2. The van der Waals surface area contributed by atoms with Gasteiger partial charge in [0.25, 0.3) is 0 Å². The molecular weight excluding hydrogens is 510 g/mol. The molecular formula is C27H32ClN5O3S. The van der Waals surface area contributed by atoms with Gasteiger partial charge < -0.3 is 14.5 Å². The van der Waals surface area contributed by atoms with E-state index in [2.05, 4.69) is 34.1 Å². The molecule has 1 fully saturated rings. The maximum absolute atomic E-state index is 12.7. The molecule has 10 heteroatoms. The first kappa shape index (κ1) is 25.8. The summed E-state index contributed by atoms with van der Waals surface area (Å²) in [6, 6.07) is 12.3. The molecule has 1 aromatic heterocycles. The Morgan fingerprint density at radius 2 is 1.89 bits per heavy atom. The molecule has 2 amide bonds. The predicted molar refractivity (Wildman–Crippen MR) is 149 cm³/mol. The molecule has 0 bridgehead atoms. The Kier molecular flexibility index (Phi) is 7.83. The molecule has 37 heavy (non-hydrogen) atoms. The van der Waals surface area contributed by atoms with Gasteiger partial charge in [-0.1, -0.05) is 29.8 Å². The quantitative estimate of drug-likeness (QED) is 0.414. The summed E-state index contributed by atoms with van der Waals surface area (Å²) in [5.74, 6) is 1.01. The second-order valence-corrected chi connectivity index (χ2v) is 10.6. The van der Waals surface area contributed by atoms with Crippen LogP contribution < -0.4 is 9.80 Å². The summed E-state index contributed by atoms with van der Waals surface area (Å²) >= 11 is 8.22. The third-order valence-electron chi connectivity index (χ3n) is 7.25. The Bertz CT molecular complexity index is 1290. The van der Waals surface area contributed by atoms with Gasteiger partial charge in [-0.25, -0.2) is 4.79 Å². The van der Waals surface area contributed by atoms with Gasteiger partial charge in [0, 0.05) is 56.2 Å². The van der Waals surface area contributed by atoms with Gasteiger partial charge in [0.1, 0.15) is 5.82 Å². The number of carbonyl (C=O) groups excluding carboxylic acids is 2. The number of amides is 2. The number of hydrogen-bond acceptors (Lipinski definition) is 7. The van der Waals surface area contributed by atoms with E-state index in [0.29, 0.717) is 24.5 Å². The molecule has 0 aliphatic carbocycles. The zero-order valence-electron chi connectivity index (χ0n) is 21.3. The van der Waals surface area contributed by atoms with Gasteiger partial charge in [0.05, 0.1) is 16.8 Å². The Hall–Kier alpha value is -2.88. The lowest BCUT2D eigenvalue weighted by Crippen LogP contribution is -2.47. The van der Waals surface area contributed by atoms with Crippen LogP contribution in [-0.2, 0) is 22.4 Å². The number of nitrogens with zero attached hydrogens (tertiary/aromatic N) is 5. The zero-order chi connectivity index (χ0) is 25.9. The minimum absolute atomic E-state index is 0.0822. The molecule has 3 aromatic rings. The van der Waals surface area contributed by atoms with Crippen molar-refractivity contribution in [2.24, 2.45) is 0 Å². The van der Waals surface area contributed by atoms with Gasteiger partial charge in [0.2, 0.25) is 5.91 Å². The number of rotatable bonds is 8. The smallest absolute Gasteiger partial charge is 0.411 e. The predicted octanol–water partition coefficient (Wildman–Crippen LogP) is 4.64. The topological polar surface area (TPSA) is 69.2 Å². The highest BCUT2D eigenvalue weighted by Gasteiger charge is 2.30. The minimum atomic E-state index is -0.419. The fourth-order valence-electron chi connectivity index (χ4n) is 5.03. The van der Waals surface area contributed by atoms with Crippen molar-refractivity contribution in [3.63, 3.8) is 0 Å². The van der Waals surface area contributed by atoms with E-state index in [-0.39, 0.29) is 12.6 Å². The van der Waals surface area contributed by atoms with E-state index in [0.717, 1.165) is 61.8 Å². The van der Waals surface area contributed by atoms with Gasteiger partial charge >= 0.3 is 6.09 Å². The van der Waals surface area contributed by atoms with Crippen LogP contribution >= 0.6 is 23.1 Å². The van der Waals surface area contributed by atoms with Crippen LogP contribution in [0.5, 0.6) is 0 Å². The Morgan fingerprint density at radius 1 is 1.14 bits per heavy atom. The number of fused-ring (bicyclic) bond motifs is 2. The molecule has 2 aliphatic heterocycles. The van der Waals surface area contributed by atoms with E-state index in [9.17, 15) is 9.59 Å². The molecule has 0 atom stereocenters. The number of anilines is 2. The van der Waals surface area contributed by atoms with Crippen LogP contribution in [0.4, 0.5) is 16.3 Å². The van der Waals surface area contributed by atoms with Crippen LogP contribution in [0.2, 0.25) is 5.02 Å². The van der Waals surface area contributed by atoms with E-state index in [1.54, 1.807) is 16.4 Å². The minimum Gasteiger partial charge on any atom is -0.428 e. The highest BCUT2D eigenvalue weighted by atomic mass is 35.5. The molecule has 0 saturated carbocycles. The number of aromatic nitrogens is 1. The summed E-state index contributed by atoms with van der Waals surface area (Å²) in [7, 11) is 0. The van der Waals surface area contributed by atoms with Crippen LogP contribution in [0, 0.1) is 0 Å². The monoisotopic (exact) mass is 541 g/mol. The molecule has 3 heterocycles. The Morgan fingerprint density at radius 3 is 2.65 bits per heavy atom. The van der Waals surface area contributed by atoms with Gasteiger partial charge in [-0.05, 0) is 61.1 Å². The molecule has 1 saturated heterocycles. The number of ether oxygens (including phenoxy) is 1. The number of piperazine rings is 1. The van der Waals surface area contributed by atoms with Crippen molar-refractivity contribution in [2.45, 2.75) is 26.7 Å². The largest absolute Gasteiger partial charge is 0.428 e. The molecule has 0 unspecified atom stereocenters. The highest BCUT2D eigenvalue weighted by Crippen LogP contribution is 2.34. The standard InChI is InChI=1S/C27H32ClN5O3S/c1-3-31(4-2)27(35)36-18-33-23-17-22(28)19(15-20(23)16-25(33)34)9-10-30-11-13-32(14-12-30)26-21-7-5-6-8-24(21)37-29-26/h5-8,15,17H,3-4,9-14,16,18H2,1-2H3. The fourth-order valence-corrected chi connectivity index (χ4v) is 6.08. The molecule has 0 radical (unpaired) electrons. The first-order valence-electron chi connectivity index (χ1n) is 12.8. The van der Waals surface area contributed by atoms with E-state index in [1.165, 1.54) is 15.0 Å². The SMILES string of the molecule is CCN(CC)C(=O)OCN1C(=O)Cc2cc(CCN3CCN(c4nsc5ccccc45)CC3)c(Cl)cc21. The maximum Gasteiger partial charge on any atom is 0.411 e. The average molecular weight is 542 g/mol. The van der Waals surface area contributed by atoms with Crippen molar-refractivity contribution < 1.29 is 14.3 Å². The van der Waals surface area contributed by atoms with Gasteiger partial charge in [-0.3, -0.25) is 14.6 Å². The first-order valence-corrected chi connectivity index (χ1v) is 14.0. The summed E-state index contributed by atoms with van der Waals surface area (Å²) < 4.78 is 11.3. The maximum atomic E-state index is 12.7. The van der Waals surface area contributed by atoms with Crippen molar-refractivity contribution in [3.8, 4) is 0 Å². The van der Waals surface area contributed by atoms with Gasteiger partial charge in [0.15, 0.2) is 6.73 Å². The van der Waals surface area contributed by atoms with E-state index in [4.69, 9.17) is 20.7 Å². The molecule has 0 spiro atoms. The molecule has 2 aliphatic rings. The third kappa shape index (κ3) is 5.39. The Labute approximate surface area is 226 Å². The van der Waals surface area contributed by atoms with Gasteiger partial charge in [-0.2, -0.15) is 4.37 Å². The summed E-state index contributed by atoms with van der Waals surface area (Å²) in [5.41, 5.74) is 2.71. The number of carbonyl (C=O) groups is 2. The fraction of sp³-hybridized carbons (Fsp3) is 0.444. The van der Waals surface area contributed by atoms with Crippen LogP contribution in [0.1, 0.15) is 25.0 Å². The Balaban J connectivity index is 1.17. The molecule has 5 rings (SSSR count). The number of hydrogen-bond donors (Lipinski definition) is 0. The normalized spacial score (nSPS) is 15.9. The summed E-state index contributed by atoms with van der Waals surface area (Å²) in [5, 5.41) is 1.87. The summed E-state index contributed by atoms with van der Waals surface area (Å²) in [4.78, 5) is 32.8. The lowest BCUT2D eigenvalue weighted by atomic mass is 10.1. The average Bonchev–Trinajstić information content (AvgIpc) is 3.47. The lowest BCUT2D eigenvalue weighted by molar-refractivity contribution is -0.118. The molecule has 0 N–H and O–H groups in total. The number of halogens is 1. The van der Waals surface area contributed by atoms with E-state index >= 15 is 0 Å². The second-order valence-electron chi connectivity index (χ2n) is 9.36.